The summed E-state index contributed by atoms with van der Waals surface area (Å²) >= 11 is 0. The van der Waals surface area contributed by atoms with Gasteiger partial charge in [0.15, 0.2) is 9.84 Å². The number of aromatic nitrogens is 2. The third kappa shape index (κ3) is 2.57. The van der Waals surface area contributed by atoms with Crippen LogP contribution in [0.15, 0.2) is 17.3 Å². The fraction of sp³-hybridized carbons (Fsp3) is 0.667. The summed E-state index contributed by atoms with van der Waals surface area (Å²) in [5.74, 6) is 0. The molecule has 0 aromatic carbocycles. The minimum atomic E-state index is -3.12. The first kappa shape index (κ1) is 10.6. The summed E-state index contributed by atoms with van der Waals surface area (Å²) in [6, 6.07) is 0.428. The lowest BCUT2D eigenvalue weighted by Gasteiger charge is -2.09. The van der Waals surface area contributed by atoms with Crippen molar-refractivity contribution in [3.8, 4) is 0 Å². The van der Waals surface area contributed by atoms with E-state index in [1.54, 1.807) is 10.9 Å². The lowest BCUT2D eigenvalue weighted by atomic mass is 10.2. The molecule has 0 aliphatic carbocycles. The van der Waals surface area contributed by atoms with Crippen molar-refractivity contribution in [2.24, 2.45) is 0 Å². The van der Waals surface area contributed by atoms with Gasteiger partial charge >= 0.3 is 0 Å². The monoisotopic (exact) mass is 229 g/mol. The van der Waals surface area contributed by atoms with Crippen LogP contribution in [0, 0.1) is 0 Å². The number of sulfone groups is 1. The maximum atomic E-state index is 11.2. The minimum Gasteiger partial charge on any atom is -0.312 e. The van der Waals surface area contributed by atoms with Crippen molar-refractivity contribution in [2.45, 2.75) is 30.3 Å². The van der Waals surface area contributed by atoms with E-state index in [9.17, 15) is 8.42 Å². The maximum Gasteiger partial charge on any atom is 0.178 e. The predicted octanol–water partition coefficient (Wildman–Crippen LogP) is 0.0386. The molecule has 2 rings (SSSR count). The molecule has 2 heterocycles. The molecule has 15 heavy (non-hydrogen) atoms. The Balaban J connectivity index is 2.07. The molecule has 1 saturated heterocycles. The highest BCUT2D eigenvalue weighted by Crippen LogP contribution is 2.10. The van der Waals surface area contributed by atoms with Crippen molar-refractivity contribution in [3.63, 3.8) is 0 Å². The molecule has 1 aromatic heterocycles. The summed E-state index contributed by atoms with van der Waals surface area (Å²) in [6.45, 7) is 1.79. The smallest absolute Gasteiger partial charge is 0.178 e. The van der Waals surface area contributed by atoms with Crippen molar-refractivity contribution in [1.82, 2.24) is 15.1 Å². The van der Waals surface area contributed by atoms with E-state index in [4.69, 9.17) is 0 Å². The number of hydrogen-bond donors (Lipinski definition) is 1. The van der Waals surface area contributed by atoms with Gasteiger partial charge in [0.2, 0.25) is 0 Å². The SMILES string of the molecule is CS(=O)(=O)c1cnn(C[C@@H]2CCCN2)c1. The molecule has 6 heteroatoms. The first-order valence-electron chi connectivity index (χ1n) is 5.01. The van der Waals surface area contributed by atoms with Gasteiger partial charge in [-0.05, 0) is 19.4 Å². The van der Waals surface area contributed by atoms with E-state index in [0.29, 0.717) is 10.9 Å². The highest BCUT2D eigenvalue weighted by Gasteiger charge is 2.16. The van der Waals surface area contributed by atoms with Gasteiger partial charge in [-0.25, -0.2) is 8.42 Å². The van der Waals surface area contributed by atoms with Gasteiger partial charge in [-0.15, -0.1) is 0 Å². The van der Waals surface area contributed by atoms with Gasteiger partial charge in [0.1, 0.15) is 4.90 Å². The van der Waals surface area contributed by atoms with E-state index in [1.807, 2.05) is 0 Å². The quantitative estimate of drug-likeness (QED) is 0.794. The van der Waals surface area contributed by atoms with Crippen LogP contribution < -0.4 is 5.32 Å². The molecule has 1 aliphatic heterocycles. The average molecular weight is 229 g/mol. The molecule has 0 bridgehead atoms. The molecular formula is C9H15N3O2S. The normalized spacial score (nSPS) is 22.1. The molecule has 1 atom stereocenters. The van der Waals surface area contributed by atoms with Gasteiger partial charge in [-0.2, -0.15) is 5.10 Å². The number of rotatable bonds is 3. The highest BCUT2D eigenvalue weighted by atomic mass is 32.2. The zero-order valence-corrected chi connectivity index (χ0v) is 9.50. The molecule has 1 aromatic rings. The van der Waals surface area contributed by atoms with Crippen LogP contribution >= 0.6 is 0 Å². The maximum absolute atomic E-state index is 11.2. The molecule has 0 radical (unpaired) electrons. The van der Waals surface area contributed by atoms with Crippen LogP contribution in [-0.4, -0.2) is 37.0 Å². The van der Waals surface area contributed by atoms with Crippen molar-refractivity contribution in [2.75, 3.05) is 12.8 Å². The number of hydrogen-bond acceptors (Lipinski definition) is 4. The molecule has 5 nitrogen and oxygen atoms in total. The van der Waals surface area contributed by atoms with Gasteiger partial charge in [-0.1, -0.05) is 0 Å². The third-order valence-corrected chi connectivity index (χ3v) is 3.67. The van der Waals surface area contributed by atoms with Crippen LogP contribution in [0.2, 0.25) is 0 Å². The molecule has 0 amide bonds. The Bertz CT molecular complexity index is 432. The van der Waals surface area contributed by atoms with Gasteiger partial charge in [0.05, 0.1) is 12.7 Å². The Kier molecular flexibility index (Phi) is 2.79. The lowest BCUT2D eigenvalue weighted by molar-refractivity contribution is 0.475. The van der Waals surface area contributed by atoms with Crippen LogP contribution in [-0.2, 0) is 16.4 Å². The summed E-state index contributed by atoms with van der Waals surface area (Å²) in [5.41, 5.74) is 0. The summed E-state index contributed by atoms with van der Waals surface area (Å²) in [5, 5.41) is 7.39. The average Bonchev–Trinajstić information content (AvgIpc) is 2.73. The second kappa shape index (κ2) is 3.94. The van der Waals surface area contributed by atoms with E-state index in [-0.39, 0.29) is 0 Å². The standard InChI is InChI=1S/C9H15N3O2S/c1-15(13,14)9-5-11-12(7-9)6-8-3-2-4-10-8/h5,7-8,10H,2-4,6H2,1H3/t8-/m0/s1. The van der Waals surface area contributed by atoms with Crippen molar-refractivity contribution in [1.29, 1.82) is 0 Å². The Labute approximate surface area is 89.4 Å². The van der Waals surface area contributed by atoms with Crippen LogP contribution in [0.1, 0.15) is 12.8 Å². The molecule has 84 valence electrons. The fourth-order valence-electron chi connectivity index (χ4n) is 1.77. The van der Waals surface area contributed by atoms with Crippen molar-refractivity contribution < 1.29 is 8.42 Å². The molecule has 1 fully saturated rings. The zero-order chi connectivity index (χ0) is 10.9. The first-order chi connectivity index (χ1) is 7.05. The summed E-state index contributed by atoms with van der Waals surface area (Å²) in [4.78, 5) is 0.292. The van der Waals surface area contributed by atoms with Gasteiger partial charge in [-0.3, -0.25) is 4.68 Å². The predicted molar refractivity (Wildman–Crippen MR) is 56.4 cm³/mol. The Morgan fingerprint density at radius 1 is 1.67 bits per heavy atom. The van der Waals surface area contributed by atoms with Crippen LogP contribution in [0.5, 0.6) is 0 Å². The third-order valence-electron chi connectivity index (χ3n) is 2.61. The second-order valence-electron chi connectivity index (χ2n) is 3.96. The van der Waals surface area contributed by atoms with E-state index >= 15 is 0 Å². The summed E-state index contributed by atoms with van der Waals surface area (Å²) in [6.07, 6.45) is 6.51. The number of nitrogens with zero attached hydrogens (tertiary/aromatic N) is 2. The zero-order valence-electron chi connectivity index (χ0n) is 8.68. The summed E-state index contributed by atoms with van der Waals surface area (Å²) < 4.78 is 24.1. The fourth-order valence-corrected chi connectivity index (χ4v) is 2.33. The second-order valence-corrected chi connectivity index (χ2v) is 5.98. The molecule has 1 N–H and O–H groups in total. The molecule has 0 spiro atoms. The molecular weight excluding hydrogens is 214 g/mol. The highest BCUT2D eigenvalue weighted by molar-refractivity contribution is 7.90. The van der Waals surface area contributed by atoms with Crippen molar-refractivity contribution >= 4 is 9.84 Å². The molecule has 0 unspecified atom stereocenters. The largest absolute Gasteiger partial charge is 0.312 e. The Morgan fingerprint density at radius 3 is 3.00 bits per heavy atom. The van der Waals surface area contributed by atoms with Crippen LogP contribution in [0.25, 0.3) is 0 Å². The van der Waals surface area contributed by atoms with Gasteiger partial charge in [0, 0.05) is 18.5 Å². The van der Waals surface area contributed by atoms with E-state index in [2.05, 4.69) is 10.4 Å². The molecule has 0 saturated carbocycles. The Morgan fingerprint density at radius 2 is 2.47 bits per heavy atom. The van der Waals surface area contributed by atoms with E-state index in [0.717, 1.165) is 19.5 Å². The first-order valence-corrected chi connectivity index (χ1v) is 6.91. The minimum absolute atomic E-state index is 0.292. The van der Waals surface area contributed by atoms with Gasteiger partial charge in [0.25, 0.3) is 0 Å². The Hall–Kier alpha value is -0.880. The van der Waals surface area contributed by atoms with Crippen LogP contribution in [0.4, 0.5) is 0 Å². The summed E-state index contributed by atoms with van der Waals surface area (Å²) in [7, 11) is -3.12. The lowest BCUT2D eigenvalue weighted by Crippen LogP contribution is -2.26. The van der Waals surface area contributed by atoms with Crippen LogP contribution in [0.3, 0.4) is 0 Å². The topological polar surface area (TPSA) is 64.0 Å². The van der Waals surface area contributed by atoms with E-state index in [1.165, 1.54) is 18.9 Å². The van der Waals surface area contributed by atoms with Crippen molar-refractivity contribution in [3.05, 3.63) is 12.4 Å². The van der Waals surface area contributed by atoms with E-state index < -0.39 is 9.84 Å². The molecule has 1 aliphatic rings. The van der Waals surface area contributed by atoms with Gasteiger partial charge < -0.3 is 5.32 Å². The number of nitrogens with one attached hydrogen (secondary N) is 1.